The van der Waals surface area contributed by atoms with Crippen molar-refractivity contribution in [1.82, 2.24) is 24.7 Å². The summed E-state index contributed by atoms with van der Waals surface area (Å²) < 4.78 is 27.7. The van der Waals surface area contributed by atoms with E-state index in [1.54, 1.807) is 28.9 Å². The fourth-order valence-corrected chi connectivity index (χ4v) is 4.27. The molecule has 0 bridgehead atoms. The average molecular weight is 424 g/mol. The molecule has 0 radical (unpaired) electrons. The van der Waals surface area contributed by atoms with E-state index in [2.05, 4.69) is 25.6 Å². The first-order valence-corrected chi connectivity index (χ1v) is 10.3. The van der Waals surface area contributed by atoms with Crippen molar-refractivity contribution in [2.45, 2.75) is 44.2 Å². The maximum absolute atomic E-state index is 13.0. The van der Waals surface area contributed by atoms with Gasteiger partial charge in [0, 0.05) is 36.1 Å². The minimum atomic E-state index is -2.60. The number of carbonyl (C=O) groups excluding carboxylic acids is 1. The molecule has 1 aliphatic rings. The largest absolute Gasteiger partial charge is 0.368 e. The molecule has 7 nitrogen and oxygen atoms in total. The Bertz CT molecular complexity index is 1230. The summed E-state index contributed by atoms with van der Waals surface area (Å²) in [6, 6.07) is 9.28. The van der Waals surface area contributed by atoms with E-state index in [1.165, 1.54) is 6.20 Å². The number of aromatic nitrogens is 4. The van der Waals surface area contributed by atoms with Crippen molar-refractivity contribution in [1.29, 1.82) is 0 Å². The van der Waals surface area contributed by atoms with E-state index in [1.807, 2.05) is 18.2 Å². The Morgan fingerprint density at radius 2 is 1.94 bits per heavy atom. The van der Waals surface area contributed by atoms with Gasteiger partial charge < -0.3 is 15.6 Å². The number of hydrogen-bond acceptors (Lipinski definition) is 4. The molecule has 1 saturated carbocycles. The molecule has 160 valence electrons. The SMILES string of the molecule is O=C(N[C@H]1CC[C@@H](Nc2cccc3nc(C(F)F)cn23)CC1)c1ccnc2[nH]ccc12. The summed E-state index contributed by atoms with van der Waals surface area (Å²) in [6.07, 6.45) is 5.60. The molecule has 4 aromatic heterocycles. The molecule has 1 fully saturated rings. The summed E-state index contributed by atoms with van der Waals surface area (Å²) in [4.78, 5) is 24.0. The van der Waals surface area contributed by atoms with Gasteiger partial charge in [-0.05, 0) is 49.9 Å². The van der Waals surface area contributed by atoms with E-state index in [-0.39, 0.29) is 23.7 Å². The number of aromatic amines is 1. The van der Waals surface area contributed by atoms with Crippen LogP contribution in [0.15, 0.2) is 48.9 Å². The lowest BCUT2D eigenvalue weighted by Crippen LogP contribution is -2.40. The number of anilines is 1. The van der Waals surface area contributed by atoms with E-state index >= 15 is 0 Å². The molecular weight excluding hydrogens is 402 g/mol. The summed E-state index contributed by atoms with van der Waals surface area (Å²) in [5.74, 6) is 0.655. The van der Waals surface area contributed by atoms with Gasteiger partial charge in [0.15, 0.2) is 0 Å². The number of pyridine rings is 2. The number of H-pyrrole nitrogens is 1. The third-order valence-electron chi connectivity index (χ3n) is 5.85. The molecule has 0 atom stereocenters. The topological polar surface area (TPSA) is 87.1 Å². The van der Waals surface area contributed by atoms with Gasteiger partial charge >= 0.3 is 0 Å². The Labute approximate surface area is 176 Å². The van der Waals surface area contributed by atoms with Crippen LogP contribution in [0.3, 0.4) is 0 Å². The number of amides is 1. The Balaban J connectivity index is 1.22. The Kier molecular flexibility index (Phi) is 5.01. The molecule has 0 aliphatic heterocycles. The fraction of sp³-hybridized carbons (Fsp3) is 0.318. The molecule has 9 heteroatoms. The number of hydrogen-bond donors (Lipinski definition) is 3. The number of nitrogens with one attached hydrogen (secondary N) is 3. The lowest BCUT2D eigenvalue weighted by atomic mass is 9.91. The second-order valence-corrected chi connectivity index (χ2v) is 7.87. The van der Waals surface area contributed by atoms with Crippen LogP contribution in [0, 0.1) is 0 Å². The number of imidazole rings is 1. The first-order valence-electron chi connectivity index (χ1n) is 10.3. The standard InChI is InChI=1S/C22H22F2N6O/c23-20(24)17-12-30-18(2-1-3-19(30)29-17)27-13-4-6-14(7-5-13)28-22(31)16-9-11-26-21-15(16)8-10-25-21/h1-3,8-14,20,27H,4-7H2,(H,25,26)(H,28,31)/t13-,14+. The van der Waals surface area contributed by atoms with Crippen LogP contribution in [0.4, 0.5) is 14.6 Å². The van der Waals surface area contributed by atoms with Gasteiger partial charge in [0.1, 0.15) is 22.8 Å². The molecule has 0 aromatic carbocycles. The van der Waals surface area contributed by atoms with Crippen LogP contribution in [-0.4, -0.2) is 37.3 Å². The van der Waals surface area contributed by atoms with E-state index in [4.69, 9.17) is 0 Å². The highest BCUT2D eigenvalue weighted by Gasteiger charge is 2.24. The summed E-state index contributed by atoms with van der Waals surface area (Å²) in [7, 11) is 0. The second kappa shape index (κ2) is 7.98. The minimum Gasteiger partial charge on any atom is -0.368 e. The lowest BCUT2D eigenvalue weighted by molar-refractivity contribution is 0.0928. The third kappa shape index (κ3) is 3.83. The van der Waals surface area contributed by atoms with E-state index in [0.29, 0.717) is 16.9 Å². The highest BCUT2D eigenvalue weighted by Crippen LogP contribution is 2.25. The van der Waals surface area contributed by atoms with Crippen molar-refractivity contribution in [3.8, 4) is 0 Å². The van der Waals surface area contributed by atoms with Crippen molar-refractivity contribution in [3.63, 3.8) is 0 Å². The van der Waals surface area contributed by atoms with Crippen molar-refractivity contribution in [2.75, 3.05) is 5.32 Å². The van der Waals surface area contributed by atoms with Crippen LogP contribution in [-0.2, 0) is 0 Å². The number of halogens is 2. The molecule has 5 rings (SSSR count). The van der Waals surface area contributed by atoms with E-state index in [9.17, 15) is 13.6 Å². The number of carbonyl (C=O) groups is 1. The summed E-state index contributed by atoms with van der Waals surface area (Å²) >= 11 is 0. The van der Waals surface area contributed by atoms with Gasteiger partial charge in [-0.1, -0.05) is 6.07 Å². The highest BCUT2D eigenvalue weighted by molar-refractivity contribution is 6.05. The smallest absolute Gasteiger partial charge is 0.281 e. The van der Waals surface area contributed by atoms with Crippen molar-refractivity contribution < 1.29 is 13.6 Å². The third-order valence-corrected chi connectivity index (χ3v) is 5.85. The molecule has 31 heavy (non-hydrogen) atoms. The average Bonchev–Trinajstić information content (AvgIpc) is 3.42. The van der Waals surface area contributed by atoms with Crippen LogP contribution in [0.2, 0.25) is 0 Å². The number of fused-ring (bicyclic) bond motifs is 2. The molecule has 1 aliphatic carbocycles. The molecule has 3 N–H and O–H groups in total. The van der Waals surface area contributed by atoms with Crippen LogP contribution >= 0.6 is 0 Å². The van der Waals surface area contributed by atoms with Gasteiger partial charge in [-0.3, -0.25) is 9.20 Å². The zero-order valence-corrected chi connectivity index (χ0v) is 16.7. The van der Waals surface area contributed by atoms with Crippen LogP contribution in [0.1, 0.15) is 48.2 Å². The fourth-order valence-electron chi connectivity index (χ4n) is 4.27. The molecule has 0 saturated heterocycles. The highest BCUT2D eigenvalue weighted by atomic mass is 19.3. The van der Waals surface area contributed by atoms with Crippen molar-refractivity contribution in [2.24, 2.45) is 0 Å². The summed E-state index contributed by atoms with van der Waals surface area (Å²) in [6.45, 7) is 0. The van der Waals surface area contributed by atoms with Crippen LogP contribution in [0.5, 0.6) is 0 Å². The Morgan fingerprint density at radius 1 is 1.13 bits per heavy atom. The second-order valence-electron chi connectivity index (χ2n) is 7.87. The van der Waals surface area contributed by atoms with Crippen LogP contribution < -0.4 is 10.6 Å². The molecule has 4 aromatic rings. The van der Waals surface area contributed by atoms with Gasteiger partial charge in [0.2, 0.25) is 0 Å². The molecule has 0 unspecified atom stereocenters. The quantitative estimate of drug-likeness (QED) is 0.446. The maximum atomic E-state index is 13.0. The zero-order chi connectivity index (χ0) is 21.4. The molecule has 4 heterocycles. The predicted octanol–water partition coefficient (Wildman–Crippen LogP) is 4.30. The Hall–Kier alpha value is -3.49. The molecule has 0 spiro atoms. The number of nitrogens with zero attached hydrogens (tertiary/aromatic N) is 3. The van der Waals surface area contributed by atoms with Crippen LogP contribution in [0.25, 0.3) is 16.7 Å². The number of alkyl halides is 2. The maximum Gasteiger partial charge on any atom is 0.281 e. The minimum absolute atomic E-state index is 0.0916. The summed E-state index contributed by atoms with van der Waals surface area (Å²) in [5.41, 5.74) is 1.58. The monoisotopic (exact) mass is 424 g/mol. The normalized spacial score (nSPS) is 19.2. The summed E-state index contributed by atoms with van der Waals surface area (Å²) in [5, 5.41) is 7.41. The van der Waals surface area contributed by atoms with E-state index in [0.717, 1.165) is 36.9 Å². The van der Waals surface area contributed by atoms with Crippen molar-refractivity contribution in [3.05, 3.63) is 60.2 Å². The first kappa shape index (κ1) is 19.5. The van der Waals surface area contributed by atoms with Gasteiger partial charge in [-0.2, -0.15) is 0 Å². The van der Waals surface area contributed by atoms with Gasteiger partial charge in [0.05, 0.1) is 5.56 Å². The lowest BCUT2D eigenvalue weighted by Gasteiger charge is -2.30. The van der Waals surface area contributed by atoms with Crippen molar-refractivity contribution >= 4 is 28.4 Å². The Morgan fingerprint density at radius 3 is 2.74 bits per heavy atom. The molecule has 1 amide bonds. The predicted molar refractivity (Wildman–Crippen MR) is 113 cm³/mol. The first-order chi connectivity index (χ1) is 15.1. The van der Waals surface area contributed by atoms with Gasteiger partial charge in [0.25, 0.3) is 12.3 Å². The zero-order valence-electron chi connectivity index (χ0n) is 16.7. The van der Waals surface area contributed by atoms with Gasteiger partial charge in [-0.15, -0.1) is 0 Å². The number of rotatable bonds is 5. The van der Waals surface area contributed by atoms with E-state index < -0.39 is 6.43 Å². The van der Waals surface area contributed by atoms with Gasteiger partial charge in [-0.25, -0.2) is 18.7 Å². The molecular formula is C22H22F2N6O.